The molecular weight excluding hydrogens is 318 g/mol. The third kappa shape index (κ3) is 4.98. The molecule has 0 aliphatic carbocycles. The molecule has 0 amide bonds. The normalized spacial score (nSPS) is 11.9. The number of aryl methyl sites for hydroxylation is 1. The summed E-state index contributed by atoms with van der Waals surface area (Å²) >= 11 is 5.82. The van der Waals surface area contributed by atoms with E-state index in [2.05, 4.69) is 4.72 Å². The van der Waals surface area contributed by atoms with Crippen molar-refractivity contribution in [3.63, 3.8) is 0 Å². The molecule has 3 nitrogen and oxygen atoms in total. The summed E-state index contributed by atoms with van der Waals surface area (Å²) in [4.78, 5) is 0.282. The van der Waals surface area contributed by atoms with Crippen LogP contribution in [0.3, 0.4) is 0 Å². The second kappa shape index (κ2) is 7.58. The third-order valence-corrected chi connectivity index (χ3v) is 4.85. The van der Waals surface area contributed by atoms with Crippen LogP contribution < -0.4 is 4.72 Å². The molecule has 5 heteroatoms. The van der Waals surface area contributed by atoms with E-state index in [9.17, 15) is 8.42 Å². The van der Waals surface area contributed by atoms with Gasteiger partial charge >= 0.3 is 0 Å². The largest absolute Gasteiger partial charge is 0.240 e. The molecule has 0 aliphatic rings. The maximum absolute atomic E-state index is 12.1. The van der Waals surface area contributed by atoms with Crippen LogP contribution >= 0.6 is 11.6 Å². The predicted octanol–water partition coefficient (Wildman–Crippen LogP) is 3.73. The van der Waals surface area contributed by atoms with Gasteiger partial charge in [-0.05, 0) is 43.2 Å². The van der Waals surface area contributed by atoms with Gasteiger partial charge in [0.05, 0.1) is 4.90 Å². The summed E-state index contributed by atoms with van der Waals surface area (Å²) < 4.78 is 26.7. The van der Waals surface area contributed by atoms with Gasteiger partial charge in [-0.15, -0.1) is 0 Å². The summed E-state index contributed by atoms with van der Waals surface area (Å²) in [6.07, 6.45) is 4.48. The van der Waals surface area contributed by atoms with Gasteiger partial charge in [0.25, 0.3) is 0 Å². The van der Waals surface area contributed by atoms with Gasteiger partial charge in [0, 0.05) is 11.6 Å². The number of hydrogen-bond acceptors (Lipinski definition) is 2. The predicted molar refractivity (Wildman–Crippen MR) is 90.7 cm³/mol. The van der Waals surface area contributed by atoms with Crippen molar-refractivity contribution in [3.05, 3.63) is 76.8 Å². The van der Waals surface area contributed by atoms with Crippen LogP contribution in [0.1, 0.15) is 11.1 Å². The van der Waals surface area contributed by atoms with Gasteiger partial charge in [0.15, 0.2) is 0 Å². The molecule has 0 fully saturated rings. The highest BCUT2D eigenvalue weighted by Gasteiger charge is 2.11. The molecule has 0 radical (unpaired) electrons. The van der Waals surface area contributed by atoms with Gasteiger partial charge < -0.3 is 0 Å². The van der Waals surface area contributed by atoms with Crippen LogP contribution in [0.4, 0.5) is 0 Å². The Morgan fingerprint density at radius 3 is 2.27 bits per heavy atom. The van der Waals surface area contributed by atoms with Crippen molar-refractivity contribution in [1.29, 1.82) is 0 Å². The highest BCUT2D eigenvalue weighted by molar-refractivity contribution is 7.89. The molecule has 1 N–H and O–H groups in total. The fourth-order valence-electron chi connectivity index (χ4n) is 1.88. The first-order chi connectivity index (χ1) is 10.5. The van der Waals surface area contributed by atoms with Gasteiger partial charge in [0.1, 0.15) is 0 Å². The van der Waals surface area contributed by atoms with Crippen LogP contribution in [-0.4, -0.2) is 15.0 Å². The van der Waals surface area contributed by atoms with Gasteiger partial charge in [-0.1, -0.05) is 53.6 Å². The topological polar surface area (TPSA) is 46.2 Å². The highest BCUT2D eigenvalue weighted by atomic mass is 35.5. The molecule has 22 heavy (non-hydrogen) atoms. The van der Waals surface area contributed by atoms with E-state index in [0.717, 1.165) is 17.5 Å². The smallest absolute Gasteiger partial charge is 0.207 e. The first-order valence-corrected chi connectivity index (χ1v) is 8.79. The Kier molecular flexibility index (Phi) is 5.77. The summed E-state index contributed by atoms with van der Waals surface area (Å²) in [7, 11) is -3.45. The number of benzene rings is 2. The van der Waals surface area contributed by atoms with E-state index in [1.807, 2.05) is 37.3 Å². The van der Waals surface area contributed by atoms with E-state index in [-0.39, 0.29) is 11.4 Å². The van der Waals surface area contributed by atoms with Crippen LogP contribution in [0.15, 0.2) is 65.6 Å². The lowest BCUT2D eigenvalue weighted by atomic mass is 10.1. The van der Waals surface area contributed by atoms with Gasteiger partial charge in [-0.25, -0.2) is 13.1 Å². The highest BCUT2D eigenvalue weighted by Crippen LogP contribution is 2.11. The van der Waals surface area contributed by atoms with Crippen LogP contribution in [0.5, 0.6) is 0 Å². The summed E-state index contributed by atoms with van der Waals surface area (Å²) in [5, 5.41) is 0.707. The molecular formula is C17H18ClNO2S. The Balaban J connectivity index is 1.86. The zero-order valence-corrected chi connectivity index (χ0v) is 13.9. The lowest BCUT2D eigenvalue weighted by molar-refractivity contribution is 0.585. The fraction of sp³-hybridized carbons (Fsp3) is 0.176. The molecule has 0 atom stereocenters. The van der Waals surface area contributed by atoms with E-state index in [1.165, 1.54) is 0 Å². The van der Waals surface area contributed by atoms with Crippen LogP contribution in [-0.2, 0) is 16.4 Å². The van der Waals surface area contributed by atoms with Gasteiger partial charge in [-0.2, -0.15) is 0 Å². The third-order valence-electron chi connectivity index (χ3n) is 3.16. The minimum atomic E-state index is -3.45. The van der Waals surface area contributed by atoms with Gasteiger partial charge in [0.2, 0.25) is 10.0 Å². The molecule has 2 aromatic rings. The molecule has 2 rings (SSSR count). The van der Waals surface area contributed by atoms with Crippen molar-refractivity contribution >= 4 is 21.6 Å². The van der Waals surface area contributed by atoms with Crippen molar-refractivity contribution in [2.45, 2.75) is 18.2 Å². The summed E-state index contributed by atoms with van der Waals surface area (Å²) in [6.45, 7) is 2.19. The molecule has 0 aliphatic heterocycles. The quantitative estimate of drug-likeness (QED) is 0.818. The number of hydrogen-bond donors (Lipinski definition) is 1. The minimum Gasteiger partial charge on any atom is -0.207 e. The number of rotatable bonds is 6. The molecule has 0 heterocycles. The molecule has 0 aromatic heterocycles. The van der Waals surface area contributed by atoms with E-state index in [4.69, 9.17) is 11.6 Å². The zero-order chi connectivity index (χ0) is 16.0. The first kappa shape index (κ1) is 16.7. The molecule has 0 saturated carbocycles. The lowest BCUT2D eigenvalue weighted by Crippen LogP contribution is -2.23. The summed E-state index contributed by atoms with van der Waals surface area (Å²) in [5.41, 5.74) is 2.16. The Bertz CT molecular complexity index is 735. The molecule has 116 valence electrons. The SMILES string of the molecule is Cc1ccc(S(=O)(=O)NC/C=C\Cc2ccc(Cl)cc2)cc1. The van der Waals surface area contributed by atoms with Crippen LogP contribution in [0.25, 0.3) is 0 Å². The standard InChI is InChI=1S/C17H18ClNO2S/c1-14-5-11-17(12-6-14)22(20,21)19-13-3-2-4-15-7-9-16(18)10-8-15/h2-3,5-12,19H,4,13H2,1H3/b3-2-. The van der Waals surface area contributed by atoms with Crippen molar-refractivity contribution in [2.75, 3.05) is 6.54 Å². The van der Waals surface area contributed by atoms with Crippen LogP contribution in [0, 0.1) is 6.92 Å². The lowest BCUT2D eigenvalue weighted by Gasteiger charge is -2.04. The summed E-state index contributed by atoms with van der Waals surface area (Å²) in [6, 6.07) is 14.3. The number of allylic oxidation sites excluding steroid dienone is 1. The zero-order valence-electron chi connectivity index (χ0n) is 12.3. The van der Waals surface area contributed by atoms with Gasteiger partial charge in [-0.3, -0.25) is 0 Å². The number of sulfonamides is 1. The van der Waals surface area contributed by atoms with Crippen molar-refractivity contribution in [2.24, 2.45) is 0 Å². The molecule has 0 unspecified atom stereocenters. The molecule has 0 bridgehead atoms. The Labute approximate surface area is 136 Å². The number of halogens is 1. The van der Waals surface area contributed by atoms with Crippen molar-refractivity contribution in [1.82, 2.24) is 4.72 Å². The average Bonchev–Trinajstić information content (AvgIpc) is 2.49. The maximum Gasteiger partial charge on any atom is 0.240 e. The van der Waals surface area contributed by atoms with E-state index in [0.29, 0.717) is 5.02 Å². The van der Waals surface area contributed by atoms with E-state index < -0.39 is 10.0 Å². The average molecular weight is 336 g/mol. The molecule has 0 spiro atoms. The Morgan fingerprint density at radius 2 is 1.64 bits per heavy atom. The fourth-order valence-corrected chi connectivity index (χ4v) is 2.98. The maximum atomic E-state index is 12.1. The molecule has 2 aromatic carbocycles. The van der Waals surface area contributed by atoms with Crippen molar-refractivity contribution in [3.8, 4) is 0 Å². The summed E-state index contributed by atoms with van der Waals surface area (Å²) in [5.74, 6) is 0. The van der Waals surface area contributed by atoms with Crippen LogP contribution in [0.2, 0.25) is 5.02 Å². The van der Waals surface area contributed by atoms with Crippen molar-refractivity contribution < 1.29 is 8.42 Å². The van der Waals surface area contributed by atoms with E-state index >= 15 is 0 Å². The van der Waals surface area contributed by atoms with E-state index in [1.54, 1.807) is 30.3 Å². The number of nitrogens with one attached hydrogen (secondary N) is 1. The Hall–Kier alpha value is -1.62. The Morgan fingerprint density at radius 1 is 1.00 bits per heavy atom. The monoisotopic (exact) mass is 335 g/mol. The second-order valence-corrected chi connectivity index (χ2v) is 7.17. The minimum absolute atomic E-state index is 0.268. The second-order valence-electron chi connectivity index (χ2n) is 4.97. The molecule has 0 saturated heterocycles. The first-order valence-electron chi connectivity index (χ1n) is 6.93.